The van der Waals surface area contributed by atoms with Gasteiger partial charge in [-0.1, -0.05) is 12.1 Å². The number of fused-ring (bicyclic) bond motifs is 1. The number of aromatic nitrogens is 2. The van der Waals surface area contributed by atoms with Crippen LogP contribution in [0.3, 0.4) is 0 Å². The first-order valence-electron chi connectivity index (χ1n) is 8.50. The highest BCUT2D eigenvalue weighted by atomic mass is 16.5. The Bertz CT molecular complexity index is 919. The number of nitrogens with zero attached hydrogens (tertiary/aromatic N) is 3. The molecule has 1 aromatic heterocycles. The van der Waals surface area contributed by atoms with Gasteiger partial charge in [-0.2, -0.15) is 5.10 Å². The molecular formula is C19H21N3O4. The monoisotopic (exact) mass is 355 g/mol. The molecule has 0 spiro atoms. The van der Waals surface area contributed by atoms with E-state index in [0.717, 1.165) is 30.5 Å². The third-order valence-electron chi connectivity index (χ3n) is 4.71. The van der Waals surface area contributed by atoms with Gasteiger partial charge in [0.15, 0.2) is 0 Å². The van der Waals surface area contributed by atoms with Gasteiger partial charge < -0.3 is 9.64 Å². The van der Waals surface area contributed by atoms with Crippen molar-refractivity contribution in [2.45, 2.75) is 32.2 Å². The number of esters is 1. The summed E-state index contributed by atoms with van der Waals surface area (Å²) in [5.74, 6) is -0.866. The van der Waals surface area contributed by atoms with E-state index in [0.29, 0.717) is 5.69 Å². The number of carbonyl (C=O) groups excluding carboxylic acids is 2. The number of methoxy groups -OCH3 is 1. The Labute approximate surface area is 151 Å². The molecule has 1 aliphatic rings. The van der Waals surface area contributed by atoms with Gasteiger partial charge in [0, 0.05) is 13.1 Å². The Kier molecular flexibility index (Phi) is 4.88. The number of hydrogen-bond acceptors (Lipinski definition) is 5. The minimum atomic E-state index is -0.788. The van der Waals surface area contributed by atoms with Crippen LogP contribution < -0.4 is 10.5 Å². The van der Waals surface area contributed by atoms with Crippen LogP contribution in [0.5, 0.6) is 0 Å². The summed E-state index contributed by atoms with van der Waals surface area (Å²) in [5.41, 5.74) is 2.26. The molecule has 7 heteroatoms. The predicted molar refractivity (Wildman–Crippen MR) is 96.4 cm³/mol. The Morgan fingerprint density at radius 3 is 2.73 bits per heavy atom. The van der Waals surface area contributed by atoms with Crippen LogP contribution in [-0.2, 0) is 22.4 Å². The molecule has 1 heterocycles. The van der Waals surface area contributed by atoms with Crippen molar-refractivity contribution in [3.05, 3.63) is 57.5 Å². The van der Waals surface area contributed by atoms with Crippen LogP contribution in [0.1, 0.15) is 41.0 Å². The van der Waals surface area contributed by atoms with E-state index in [9.17, 15) is 14.4 Å². The highest BCUT2D eigenvalue weighted by Gasteiger charge is 2.26. The maximum absolute atomic E-state index is 12.9. The first-order chi connectivity index (χ1) is 12.4. The molecule has 0 saturated carbocycles. The van der Waals surface area contributed by atoms with Crippen molar-refractivity contribution in [3.8, 4) is 0 Å². The van der Waals surface area contributed by atoms with Gasteiger partial charge in [-0.05, 0) is 43.9 Å². The minimum absolute atomic E-state index is 0.285. The lowest BCUT2D eigenvalue weighted by molar-refractivity contribution is -0.121. The van der Waals surface area contributed by atoms with Crippen LogP contribution in [0.15, 0.2) is 35.1 Å². The van der Waals surface area contributed by atoms with Crippen molar-refractivity contribution in [1.82, 2.24) is 9.78 Å². The first kappa shape index (κ1) is 17.8. The SMILES string of the molecule is COC(=O)c1ccccc1N(C)C(=O)C(C)n1nc2c(cc1=O)CCC2. The van der Waals surface area contributed by atoms with Crippen LogP contribution in [-0.4, -0.2) is 35.8 Å². The van der Waals surface area contributed by atoms with Crippen molar-refractivity contribution >= 4 is 17.6 Å². The molecule has 7 nitrogen and oxygen atoms in total. The van der Waals surface area contributed by atoms with E-state index in [-0.39, 0.29) is 17.0 Å². The van der Waals surface area contributed by atoms with Gasteiger partial charge in [0.05, 0.1) is 24.1 Å². The van der Waals surface area contributed by atoms with E-state index >= 15 is 0 Å². The molecule has 136 valence electrons. The van der Waals surface area contributed by atoms with Crippen LogP contribution in [0.2, 0.25) is 0 Å². The number of ether oxygens (including phenoxy) is 1. The number of hydrogen-bond donors (Lipinski definition) is 0. The number of aryl methyl sites for hydroxylation is 2. The quantitative estimate of drug-likeness (QED) is 0.781. The highest BCUT2D eigenvalue weighted by molar-refractivity contribution is 6.03. The minimum Gasteiger partial charge on any atom is -0.465 e. The van der Waals surface area contributed by atoms with Gasteiger partial charge in [-0.15, -0.1) is 0 Å². The summed E-state index contributed by atoms with van der Waals surface area (Å²) in [7, 11) is 2.86. The number of carbonyl (C=O) groups is 2. The summed E-state index contributed by atoms with van der Waals surface area (Å²) in [4.78, 5) is 38.6. The van der Waals surface area contributed by atoms with Gasteiger partial charge in [0.1, 0.15) is 6.04 Å². The average Bonchev–Trinajstić information content (AvgIpc) is 3.12. The molecular weight excluding hydrogens is 334 g/mol. The van der Waals surface area contributed by atoms with Crippen LogP contribution in [0.4, 0.5) is 5.69 Å². The van der Waals surface area contributed by atoms with E-state index in [1.54, 1.807) is 44.3 Å². The summed E-state index contributed by atoms with van der Waals surface area (Å²) < 4.78 is 6.00. The Balaban J connectivity index is 1.93. The normalized spacial score (nSPS) is 13.8. The third-order valence-corrected chi connectivity index (χ3v) is 4.71. The van der Waals surface area contributed by atoms with Gasteiger partial charge in [-0.25, -0.2) is 9.48 Å². The molecule has 0 radical (unpaired) electrons. The van der Waals surface area contributed by atoms with E-state index in [1.165, 1.54) is 16.7 Å². The van der Waals surface area contributed by atoms with Crippen LogP contribution in [0, 0.1) is 0 Å². The molecule has 26 heavy (non-hydrogen) atoms. The zero-order valence-electron chi connectivity index (χ0n) is 15.1. The van der Waals surface area contributed by atoms with Crippen LogP contribution in [0.25, 0.3) is 0 Å². The fraction of sp³-hybridized carbons (Fsp3) is 0.368. The third kappa shape index (κ3) is 3.12. The summed E-state index contributed by atoms with van der Waals surface area (Å²) >= 11 is 0. The molecule has 1 unspecified atom stereocenters. The number of amides is 1. The molecule has 0 aliphatic heterocycles. The molecule has 3 rings (SSSR count). The lowest BCUT2D eigenvalue weighted by Gasteiger charge is -2.24. The second-order valence-corrected chi connectivity index (χ2v) is 6.33. The van der Waals surface area contributed by atoms with Crippen molar-refractivity contribution < 1.29 is 14.3 Å². The highest BCUT2D eigenvalue weighted by Crippen LogP contribution is 2.23. The fourth-order valence-electron chi connectivity index (χ4n) is 3.25. The van der Waals surface area contributed by atoms with E-state index in [1.807, 2.05) is 0 Å². The van der Waals surface area contributed by atoms with Gasteiger partial charge in [0.2, 0.25) is 0 Å². The average molecular weight is 355 g/mol. The van der Waals surface area contributed by atoms with Gasteiger partial charge >= 0.3 is 5.97 Å². The molecule has 1 aliphatic carbocycles. The molecule has 0 fully saturated rings. The van der Waals surface area contributed by atoms with Gasteiger partial charge in [-0.3, -0.25) is 9.59 Å². The predicted octanol–water partition coefficient (Wildman–Crippen LogP) is 1.74. The lowest BCUT2D eigenvalue weighted by Crippen LogP contribution is -2.39. The Hall–Kier alpha value is -2.96. The Morgan fingerprint density at radius 1 is 1.27 bits per heavy atom. The first-order valence-corrected chi connectivity index (χ1v) is 8.50. The zero-order chi connectivity index (χ0) is 18.8. The number of para-hydroxylation sites is 1. The fourth-order valence-corrected chi connectivity index (χ4v) is 3.25. The van der Waals surface area contributed by atoms with E-state index in [4.69, 9.17) is 4.74 Å². The van der Waals surface area contributed by atoms with Crippen molar-refractivity contribution in [2.24, 2.45) is 0 Å². The van der Waals surface area contributed by atoms with Crippen molar-refractivity contribution in [1.29, 1.82) is 0 Å². The smallest absolute Gasteiger partial charge is 0.339 e. The molecule has 2 aromatic rings. The Morgan fingerprint density at radius 2 is 2.00 bits per heavy atom. The molecule has 1 atom stereocenters. The topological polar surface area (TPSA) is 81.5 Å². The number of benzene rings is 1. The molecule has 0 saturated heterocycles. The molecule has 1 amide bonds. The zero-order valence-corrected chi connectivity index (χ0v) is 15.1. The molecule has 0 N–H and O–H groups in total. The standard InChI is InChI=1S/C19H21N3O4/c1-12(22-17(23)11-13-7-6-9-15(13)20-22)18(24)21(2)16-10-5-4-8-14(16)19(25)26-3/h4-5,8,10-12H,6-7,9H2,1-3H3. The summed E-state index contributed by atoms with van der Waals surface area (Å²) in [6.45, 7) is 1.63. The van der Waals surface area contributed by atoms with Crippen molar-refractivity contribution in [3.63, 3.8) is 0 Å². The molecule has 0 bridgehead atoms. The summed E-state index contributed by atoms with van der Waals surface area (Å²) in [6.07, 6.45) is 2.64. The number of likely N-dealkylation sites (N-methyl/N-ethyl adjacent to an activating group) is 1. The molecule has 1 aromatic carbocycles. The maximum Gasteiger partial charge on any atom is 0.339 e. The van der Waals surface area contributed by atoms with E-state index in [2.05, 4.69) is 5.10 Å². The summed E-state index contributed by atoms with van der Waals surface area (Å²) in [6, 6.07) is 7.47. The van der Waals surface area contributed by atoms with Crippen LogP contribution >= 0.6 is 0 Å². The number of anilines is 1. The van der Waals surface area contributed by atoms with Gasteiger partial charge in [0.25, 0.3) is 11.5 Å². The lowest BCUT2D eigenvalue weighted by atomic mass is 10.1. The van der Waals surface area contributed by atoms with E-state index < -0.39 is 12.0 Å². The second-order valence-electron chi connectivity index (χ2n) is 6.33. The maximum atomic E-state index is 12.9. The largest absolute Gasteiger partial charge is 0.465 e. The number of rotatable bonds is 4. The summed E-state index contributed by atoms with van der Waals surface area (Å²) in [5, 5.41) is 4.39. The van der Waals surface area contributed by atoms with Crippen molar-refractivity contribution in [2.75, 3.05) is 19.1 Å². The second kappa shape index (κ2) is 7.11.